The summed E-state index contributed by atoms with van der Waals surface area (Å²) in [5.74, 6) is 0.0131. The summed E-state index contributed by atoms with van der Waals surface area (Å²) in [6.45, 7) is 3.74. The van der Waals surface area contributed by atoms with Crippen LogP contribution in [0, 0.1) is 5.92 Å². The van der Waals surface area contributed by atoms with Crippen molar-refractivity contribution >= 4 is 21.6 Å². The Labute approximate surface area is 112 Å². The second kappa shape index (κ2) is 5.93. The number of nitrogens with one attached hydrogen (secondary N) is 1. The molecular weight excluding hydrogens is 311 g/mol. The van der Waals surface area contributed by atoms with Gasteiger partial charge in [-0.2, -0.15) is 13.2 Å². The summed E-state index contributed by atoms with van der Waals surface area (Å²) in [5.41, 5.74) is -0.112. The number of hydrogen-bond acceptors (Lipinski definition) is 2. The highest BCUT2D eigenvalue weighted by Crippen LogP contribution is 2.34. The van der Waals surface area contributed by atoms with Gasteiger partial charge in [0, 0.05) is 22.8 Å². The fourth-order valence-corrected chi connectivity index (χ4v) is 1.85. The lowest BCUT2D eigenvalue weighted by atomic mass is 10.0. The van der Waals surface area contributed by atoms with Gasteiger partial charge in [0.05, 0.1) is 5.56 Å². The molecule has 0 aliphatic heterocycles. The van der Waals surface area contributed by atoms with Crippen LogP contribution in [0.3, 0.4) is 0 Å². The second-order valence-electron chi connectivity index (χ2n) is 4.29. The van der Waals surface area contributed by atoms with E-state index in [1.807, 2.05) is 13.8 Å². The van der Waals surface area contributed by atoms with E-state index in [0.717, 1.165) is 12.1 Å². The minimum absolute atomic E-state index is 0.0131. The van der Waals surface area contributed by atoms with Crippen molar-refractivity contribution in [2.24, 2.45) is 5.92 Å². The van der Waals surface area contributed by atoms with Crippen LogP contribution in [-0.2, 0) is 6.18 Å². The molecule has 1 rings (SSSR count). The van der Waals surface area contributed by atoms with Crippen molar-refractivity contribution in [3.05, 3.63) is 28.2 Å². The van der Waals surface area contributed by atoms with Crippen molar-refractivity contribution in [1.29, 1.82) is 0 Å². The molecule has 0 amide bonds. The molecule has 102 valence electrons. The van der Waals surface area contributed by atoms with Crippen LogP contribution >= 0.6 is 15.9 Å². The molecule has 2 nitrogen and oxygen atoms in total. The number of anilines is 1. The van der Waals surface area contributed by atoms with Crippen molar-refractivity contribution in [3.63, 3.8) is 0 Å². The van der Waals surface area contributed by atoms with Crippen LogP contribution in [0.25, 0.3) is 0 Å². The summed E-state index contributed by atoms with van der Waals surface area (Å²) in [5, 5.41) is 12.1. The van der Waals surface area contributed by atoms with E-state index in [1.54, 1.807) is 0 Å². The van der Waals surface area contributed by atoms with Crippen molar-refractivity contribution < 1.29 is 18.3 Å². The van der Waals surface area contributed by atoms with Gasteiger partial charge in [-0.25, -0.2) is 0 Å². The van der Waals surface area contributed by atoms with E-state index in [1.165, 1.54) is 6.07 Å². The molecule has 0 aliphatic rings. The van der Waals surface area contributed by atoms with E-state index in [9.17, 15) is 13.2 Å². The zero-order valence-corrected chi connectivity index (χ0v) is 11.6. The Morgan fingerprint density at radius 1 is 1.33 bits per heavy atom. The Balaban J connectivity index is 2.87. The number of benzene rings is 1. The number of halogens is 4. The zero-order chi connectivity index (χ0) is 13.9. The first kappa shape index (κ1) is 15.3. The van der Waals surface area contributed by atoms with Crippen LogP contribution < -0.4 is 5.32 Å². The van der Waals surface area contributed by atoms with Crippen LogP contribution in [-0.4, -0.2) is 17.8 Å². The molecule has 0 saturated heterocycles. The number of aliphatic hydroxyl groups excluding tert-OH is 1. The SMILES string of the molecule is CC(CO)C(C)Nc1ccc(C(F)(F)F)cc1Br. The van der Waals surface area contributed by atoms with E-state index in [-0.39, 0.29) is 18.6 Å². The van der Waals surface area contributed by atoms with Crippen molar-refractivity contribution in [2.45, 2.75) is 26.1 Å². The fraction of sp³-hybridized carbons (Fsp3) is 0.500. The molecule has 2 N–H and O–H groups in total. The second-order valence-corrected chi connectivity index (χ2v) is 5.14. The minimum atomic E-state index is -4.34. The predicted molar refractivity (Wildman–Crippen MR) is 68.5 cm³/mol. The number of aliphatic hydroxyl groups is 1. The first-order valence-corrected chi connectivity index (χ1v) is 6.29. The Hall–Kier alpha value is -0.750. The van der Waals surface area contributed by atoms with Gasteiger partial charge >= 0.3 is 6.18 Å². The third-order valence-electron chi connectivity index (χ3n) is 2.82. The van der Waals surface area contributed by atoms with Gasteiger partial charge in [0.15, 0.2) is 0 Å². The Kier molecular flexibility index (Phi) is 5.04. The standard InChI is InChI=1S/C12H15BrF3NO/c1-7(6-18)8(2)17-11-4-3-9(5-10(11)13)12(14,15)16/h3-5,7-8,17-18H,6H2,1-2H3. The maximum atomic E-state index is 12.5. The average molecular weight is 326 g/mol. The van der Waals surface area contributed by atoms with E-state index in [2.05, 4.69) is 21.2 Å². The molecule has 0 aliphatic carbocycles. The van der Waals surface area contributed by atoms with Gasteiger partial charge in [-0.1, -0.05) is 6.92 Å². The highest BCUT2D eigenvalue weighted by atomic mass is 79.9. The van der Waals surface area contributed by atoms with E-state index in [4.69, 9.17) is 5.11 Å². The van der Waals surface area contributed by atoms with E-state index < -0.39 is 11.7 Å². The highest BCUT2D eigenvalue weighted by Gasteiger charge is 2.30. The molecule has 0 bridgehead atoms. The predicted octanol–water partition coefficient (Wildman–Crippen LogP) is 3.90. The maximum Gasteiger partial charge on any atom is 0.416 e. The van der Waals surface area contributed by atoms with Crippen LogP contribution in [0.1, 0.15) is 19.4 Å². The van der Waals surface area contributed by atoms with Crippen LogP contribution in [0.5, 0.6) is 0 Å². The number of hydrogen-bond donors (Lipinski definition) is 2. The van der Waals surface area contributed by atoms with Gasteiger partial charge in [-0.15, -0.1) is 0 Å². The zero-order valence-electron chi connectivity index (χ0n) is 10.1. The van der Waals surface area contributed by atoms with Crippen LogP contribution in [0.15, 0.2) is 22.7 Å². The summed E-state index contributed by atoms with van der Waals surface area (Å²) < 4.78 is 37.8. The van der Waals surface area contributed by atoms with E-state index >= 15 is 0 Å². The van der Waals surface area contributed by atoms with Gasteiger partial charge in [-0.05, 0) is 47.0 Å². The quantitative estimate of drug-likeness (QED) is 0.880. The van der Waals surface area contributed by atoms with Crippen molar-refractivity contribution in [2.75, 3.05) is 11.9 Å². The Bertz CT molecular complexity index is 409. The lowest BCUT2D eigenvalue weighted by Crippen LogP contribution is -2.26. The van der Waals surface area contributed by atoms with Crippen LogP contribution in [0.4, 0.5) is 18.9 Å². The molecule has 2 unspecified atom stereocenters. The van der Waals surface area contributed by atoms with E-state index in [0.29, 0.717) is 10.2 Å². The maximum absolute atomic E-state index is 12.5. The summed E-state index contributed by atoms with van der Waals surface area (Å²) in [6.07, 6.45) is -4.34. The minimum Gasteiger partial charge on any atom is -0.396 e. The molecule has 0 aromatic heterocycles. The first-order valence-electron chi connectivity index (χ1n) is 5.50. The van der Waals surface area contributed by atoms with Gasteiger partial charge in [0.1, 0.15) is 0 Å². The van der Waals surface area contributed by atoms with Gasteiger partial charge in [0.25, 0.3) is 0 Å². The lowest BCUT2D eigenvalue weighted by Gasteiger charge is -2.21. The molecule has 0 saturated carbocycles. The average Bonchev–Trinajstić information content (AvgIpc) is 2.29. The molecule has 0 heterocycles. The molecule has 18 heavy (non-hydrogen) atoms. The smallest absolute Gasteiger partial charge is 0.396 e. The Morgan fingerprint density at radius 2 is 1.94 bits per heavy atom. The van der Waals surface area contributed by atoms with Gasteiger partial charge in [0.2, 0.25) is 0 Å². The molecule has 0 radical (unpaired) electrons. The molecule has 1 aromatic rings. The number of alkyl halides is 3. The van der Waals surface area contributed by atoms with Gasteiger partial charge in [-0.3, -0.25) is 0 Å². The lowest BCUT2D eigenvalue weighted by molar-refractivity contribution is -0.137. The summed E-state index contributed by atoms with van der Waals surface area (Å²) in [7, 11) is 0. The largest absolute Gasteiger partial charge is 0.416 e. The van der Waals surface area contributed by atoms with Crippen molar-refractivity contribution in [1.82, 2.24) is 0 Å². The molecule has 6 heteroatoms. The normalized spacial score (nSPS) is 15.3. The summed E-state index contributed by atoms with van der Waals surface area (Å²) >= 11 is 3.11. The summed E-state index contributed by atoms with van der Waals surface area (Å²) in [6, 6.07) is 3.42. The highest BCUT2D eigenvalue weighted by molar-refractivity contribution is 9.10. The number of rotatable bonds is 4. The summed E-state index contributed by atoms with van der Waals surface area (Å²) in [4.78, 5) is 0. The monoisotopic (exact) mass is 325 g/mol. The molecule has 0 spiro atoms. The third-order valence-corrected chi connectivity index (χ3v) is 3.48. The third kappa shape index (κ3) is 3.88. The molecule has 0 fully saturated rings. The van der Waals surface area contributed by atoms with Crippen molar-refractivity contribution in [3.8, 4) is 0 Å². The first-order chi connectivity index (χ1) is 8.25. The topological polar surface area (TPSA) is 32.3 Å². The van der Waals surface area contributed by atoms with Gasteiger partial charge < -0.3 is 10.4 Å². The van der Waals surface area contributed by atoms with Crippen LogP contribution in [0.2, 0.25) is 0 Å². The Morgan fingerprint density at radius 3 is 2.39 bits per heavy atom. The molecule has 1 aromatic carbocycles. The molecule has 2 atom stereocenters. The molecular formula is C12H15BrF3NO. The fourth-order valence-electron chi connectivity index (χ4n) is 1.35.